The largest absolute Gasteiger partial charge is 0.122 e. The highest BCUT2D eigenvalue weighted by Gasteiger charge is 2.01. The van der Waals surface area contributed by atoms with Gasteiger partial charge in [-0.15, -0.1) is 11.6 Å². The van der Waals surface area contributed by atoms with E-state index in [2.05, 4.69) is 33.8 Å². The first kappa shape index (κ1) is 10.0. The molecule has 0 radical (unpaired) electrons. The Labute approximate surface area is 69.3 Å². The molecule has 0 N–H and O–H groups in total. The second-order valence-corrected chi connectivity index (χ2v) is 3.54. The highest BCUT2D eigenvalue weighted by atomic mass is 35.5. The molecule has 0 amide bonds. The fraction of sp³-hybridized carbons (Fsp3) is 0.778. The van der Waals surface area contributed by atoms with Crippen molar-refractivity contribution in [2.75, 3.05) is 5.88 Å². The zero-order valence-corrected chi connectivity index (χ0v) is 8.07. The van der Waals surface area contributed by atoms with Crippen LogP contribution >= 0.6 is 11.6 Å². The van der Waals surface area contributed by atoms with Gasteiger partial charge in [0.05, 0.1) is 0 Å². The van der Waals surface area contributed by atoms with E-state index in [0.29, 0.717) is 17.7 Å². The molecule has 0 rings (SSSR count). The Bertz CT molecular complexity index is 112. The van der Waals surface area contributed by atoms with Crippen LogP contribution in [-0.4, -0.2) is 5.88 Å². The van der Waals surface area contributed by atoms with Crippen molar-refractivity contribution < 1.29 is 0 Å². The van der Waals surface area contributed by atoms with Gasteiger partial charge in [-0.05, 0) is 11.8 Å². The van der Waals surface area contributed by atoms with Gasteiger partial charge in [0.25, 0.3) is 0 Å². The Morgan fingerprint density at radius 2 is 1.80 bits per heavy atom. The fourth-order valence-electron chi connectivity index (χ4n) is 0.819. The maximum absolute atomic E-state index is 5.74. The van der Waals surface area contributed by atoms with E-state index < -0.39 is 0 Å². The Morgan fingerprint density at radius 3 is 1.90 bits per heavy atom. The molecule has 60 valence electrons. The second kappa shape index (κ2) is 4.79. The first-order valence-electron chi connectivity index (χ1n) is 3.84. The predicted molar refractivity (Wildman–Crippen MR) is 48.5 cm³/mol. The third-order valence-corrected chi connectivity index (χ3v) is 1.75. The molecule has 0 nitrogen and oxygen atoms in total. The zero-order chi connectivity index (χ0) is 8.15. The van der Waals surface area contributed by atoms with Gasteiger partial charge in [-0.2, -0.15) is 0 Å². The topological polar surface area (TPSA) is 0 Å². The summed E-state index contributed by atoms with van der Waals surface area (Å²) in [7, 11) is 0. The quantitative estimate of drug-likeness (QED) is 0.438. The minimum Gasteiger partial charge on any atom is -0.122 e. The molecule has 0 aliphatic heterocycles. The minimum absolute atomic E-state index is 0.597. The van der Waals surface area contributed by atoms with Crippen LogP contribution in [-0.2, 0) is 0 Å². The van der Waals surface area contributed by atoms with Crippen LogP contribution in [0.4, 0.5) is 0 Å². The van der Waals surface area contributed by atoms with Crippen molar-refractivity contribution in [3.8, 4) is 0 Å². The van der Waals surface area contributed by atoms with Crippen molar-refractivity contribution in [1.82, 2.24) is 0 Å². The van der Waals surface area contributed by atoms with Crippen molar-refractivity contribution in [2.24, 2.45) is 11.8 Å². The predicted octanol–water partition coefficient (Wildman–Crippen LogP) is 3.46. The lowest BCUT2D eigenvalue weighted by Gasteiger charge is -2.08. The van der Waals surface area contributed by atoms with Crippen LogP contribution in [0.15, 0.2) is 11.6 Å². The second-order valence-electron chi connectivity index (χ2n) is 3.27. The van der Waals surface area contributed by atoms with Crippen molar-refractivity contribution in [3.63, 3.8) is 0 Å². The molecular formula is C9H17Cl. The molecule has 0 spiro atoms. The van der Waals surface area contributed by atoms with Crippen LogP contribution in [0, 0.1) is 11.8 Å². The Hall–Kier alpha value is 0.0300. The number of alkyl halides is 1. The molecular weight excluding hydrogens is 144 g/mol. The third kappa shape index (κ3) is 3.94. The Balaban J connectivity index is 4.04. The zero-order valence-electron chi connectivity index (χ0n) is 7.32. The molecule has 0 aromatic heterocycles. The number of hydrogen-bond acceptors (Lipinski definition) is 0. The summed E-state index contributed by atoms with van der Waals surface area (Å²) < 4.78 is 0. The van der Waals surface area contributed by atoms with Crippen LogP contribution < -0.4 is 0 Å². The lowest BCUT2D eigenvalue weighted by atomic mass is 10.0. The summed E-state index contributed by atoms with van der Waals surface area (Å²) in [6.45, 7) is 8.71. The van der Waals surface area contributed by atoms with E-state index in [1.807, 2.05) is 0 Å². The normalized spacial score (nSPS) is 13.3. The van der Waals surface area contributed by atoms with Crippen molar-refractivity contribution in [3.05, 3.63) is 11.6 Å². The summed E-state index contributed by atoms with van der Waals surface area (Å²) in [6.07, 6.45) is 2.25. The highest BCUT2D eigenvalue weighted by Crippen LogP contribution is 2.13. The summed E-state index contributed by atoms with van der Waals surface area (Å²) >= 11 is 5.74. The van der Waals surface area contributed by atoms with Crippen LogP contribution in [0.1, 0.15) is 27.7 Å². The third-order valence-electron chi connectivity index (χ3n) is 1.44. The van der Waals surface area contributed by atoms with Gasteiger partial charge >= 0.3 is 0 Å². The molecule has 0 saturated heterocycles. The number of halogens is 1. The fourth-order valence-corrected chi connectivity index (χ4v) is 1.22. The number of rotatable bonds is 3. The van der Waals surface area contributed by atoms with Gasteiger partial charge in [0, 0.05) is 5.88 Å². The molecule has 0 aromatic carbocycles. The van der Waals surface area contributed by atoms with E-state index in [1.54, 1.807) is 0 Å². The van der Waals surface area contributed by atoms with Gasteiger partial charge in [-0.1, -0.05) is 39.3 Å². The SMILES string of the molecule is CC(C)C=C(CCl)C(C)C. The first-order valence-corrected chi connectivity index (χ1v) is 4.38. The molecule has 0 atom stereocenters. The molecule has 1 heteroatoms. The van der Waals surface area contributed by atoms with Gasteiger partial charge in [-0.25, -0.2) is 0 Å². The van der Waals surface area contributed by atoms with Crippen LogP contribution in [0.2, 0.25) is 0 Å². The van der Waals surface area contributed by atoms with E-state index in [9.17, 15) is 0 Å². The van der Waals surface area contributed by atoms with Crippen molar-refractivity contribution in [1.29, 1.82) is 0 Å². The van der Waals surface area contributed by atoms with E-state index >= 15 is 0 Å². The summed E-state index contributed by atoms with van der Waals surface area (Å²) in [5.41, 5.74) is 1.36. The maximum Gasteiger partial charge on any atom is 0.0436 e. The molecule has 0 aliphatic rings. The minimum atomic E-state index is 0.597. The molecule has 0 aliphatic carbocycles. The summed E-state index contributed by atoms with van der Waals surface area (Å²) in [6, 6.07) is 0. The Morgan fingerprint density at radius 1 is 1.30 bits per heavy atom. The summed E-state index contributed by atoms with van der Waals surface area (Å²) in [5, 5.41) is 0. The van der Waals surface area contributed by atoms with Gasteiger partial charge in [0.2, 0.25) is 0 Å². The van der Waals surface area contributed by atoms with Crippen LogP contribution in [0.25, 0.3) is 0 Å². The molecule has 0 fully saturated rings. The van der Waals surface area contributed by atoms with E-state index in [1.165, 1.54) is 5.57 Å². The Kier molecular flexibility index (Phi) is 4.80. The van der Waals surface area contributed by atoms with E-state index in [4.69, 9.17) is 11.6 Å². The van der Waals surface area contributed by atoms with Crippen LogP contribution in [0.3, 0.4) is 0 Å². The molecule has 0 saturated carbocycles. The lowest BCUT2D eigenvalue weighted by Crippen LogP contribution is -1.97. The van der Waals surface area contributed by atoms with E-state index in [0.717, 1.165) is 0 Å². The van der Waals surface area contributed by atoms with Gasteiger partial charge in [0.15, 0.2) is 0 Å². The summed E-state index contributed by atoms with van der Waals surface area (Å²) in [5.74, 6) is 1.89. The van der Waals surface area contributed by atoms with Gasteiger partial charge in [-0.3, -0.25) is 0 Å². The maximum atomic E-state index is 5.74. The molecule has 0 aromatic rings. The first-order chi connectivity index (χ1) is 4.57. The van der Waals surface area contributed by atoms with Crippen LogP contribution in [0.5, 0.6) is 0 Å². The smallest absolute Gasteiger partial charge is 0.0436 e. The number of allylic oxidation sites excluding steroid dienone is 2. The lowest BCUT2D eigenvalue weighted by molar-refractivity contribution is 0.733. The van der Waals surface area contributed by atoms with Gasteiger partial charge in [0.1, 0.15) is 0 Å². The molecule has 10 heavy (non-hydrogen) atoms. The summed E-state index contributed by atoms with van der Waals surface area (Å²) in [4.78, 5) is 0. The van der Waals surface area contributed by atoms with E-state index in [-0.39, 0.29) is 0 Å². The highest BCUT2D eigenvalue weighted by molar-refractivity contribution is 6.19. The monoisotopic (exact) mass is 160 g/mol. The molecule has 0 bridgehead atoms. The average molecular weight is 161 g/mol. The van der Waals surface area contributed by atoms with Gasteiger partial charge < -0.3 is 0 Å². The number of hydrogen-bond donors (Lipinski definition) is 0. The molecule has 0 unspecified atom stereocenters. The molecule has 0 heterocycles. The van der Waals surface area contributed by atoms with Crippen molar-refractivity contribution in [2.45, 2.75) is 27.7 Å². The van der Waals surface area contributed by atoms with Crippen molar-refractivity contribution >= 4 is 11.6 Å². The average Bonchev–Trinajstić information content (AvgIpc) is 1.81. The standard InChI is InChI=1S/C9H17Cl/c1-7(2)5-9(6-10)8(3)4/h5,7-8H,6H2,1-4H3.